The van der Waals surface area contributed by atoms with E-state index in [-0.39, 0.29) is 20.1 Å². The molecule has 339 valence electrons. The molecule has 1 radical (unpaired) electrons. The molecule has 5 heteroatoms. The molecule has 3 heterocycles. The number of pyridine rings is 1. The Kier molecular flexibility index (Phi) is 11.8. The van der Waals surface area contributed by atoms with Crippen molar-refractivity contribution in [1.82, 2.24) is 14.5 Å². The van der Waals surface area contributed by atoms with Gasteiger partial charge in [-0.05, 0) is 115 Å². The Morgan fingerprint density at radius 3 is 2.06 bits per heavy atom. The zero-order chi connectivity index (χ0) is 49.9. The second-order valence-electron chi connectivity index (χ2n) is 18.6. The van der Waals surface area contributed by atoms with Crippen molar-refractivity contribution >= 4 is 43.7 Å². The molecular weight excluding hydrogens is 1010 g/mol. The van der Waals surface area contributed by atoms with Gasteiger partial charge >= 0.3 is 0 Å². The van der Waals surface area contributed by atoms with Crippen LogP contribution in [0.25, 0.3) is 94.3 Å². The van der Waals surface area contributed by atoms with Crippen molar-refractivity contribution in [1.29, 1.82) is 0 Å². The number of aromatic nitrogens is 3. The summed E-state index contributed by atoms with van der Waals surface area (Å²) in [5.41, 5.74) is 12.8. The molecule has 0 atom stereocenters. The average molecular weight is 1070 g/mol. The van der Waals surface area contributed by atoms with E-state index in [0.717, 1.165) is 94.7 Å². The standard InChI is InChI=1S/C32H26NO.C31H29N2.Ir/c1-32(2,3)20-21-11-13-22(14-12-21)24-17-18-33-28(19-24)26-9-6-10-27-30-25-8-5-4-7-23(25)15-16-29(30)34-31(26)27;1-21(2)26-19-25(23-13-7-5-8-14-23)20-27(22(3)4)30(26)33-29-18-12-11-17-28(29)32-31(33)24-15-9-6-10-16-24;/h4-8,10-19H,20H2,1-3H3;5-15,17-22H,1-4H3;/q2*-1;/i20D2;21D,22D;. The first-order chi connectivity index (χ1) is 33.9. The van der Waals surface area contributed by atoms with Gasteiger partial charge in [0.25, 0.3) is 0 Å². The third kappa shape index (κ3) is 9.22. The van der Waals surface area contributed by atoms with E-state index in [1.165, 1.54) is 10.8 Å². The Balaban J connectivity index is 0.000000175. The van der Waals surface area contributed by atoms with E-state index < -0.39 is 23.6 Å². The summed E-state index contributed by atoms with van der Waals surface area (Å²) in [5, 5.41) is 4.51. The van der Waals surface area contributed by atoms with Gasteiger partial charge in [0.1, 0.15) is 5.58 Å². The van der Waals surface area contributed by atoms with E-state index >= 15 is 0 Å². The van der Waals surface area contributed by atoms with Gasteiger partial charge in [-0.1, -0.05) is 163 Å². The number of furan rings is 1. The summed E-state index contributed by atoms with van der Waals surface area (Å²) in [4.78, 5) is 9.65. The van der Waals surface area contributed by atoms with E-state index in [0.29, 0.717) is 5.56 Å². The van der Waals surface area contributed by atoms with Crippen molar-refractivity contribution < 1.29 is 30.0 Å². The van der Waals surface area contributed by atoms with Crippen molar-refractivity contribution in [3.63, 3.8) is 0 Å². The van der Waals surface area contributed by atoms with Gasteiger partial charge in [0.05, 0.1) is 22.4 Å². The predicted octanol–water partition coefficient (Wildman–Crippen LogP) is 17.3. The Morgan fingerprint density at radius 1 is 0.647 bits per heavy atom. The molecule has 11 aromatic rings. The summed E-state index contributed by atoms with van der Waals surface area (Å²) < 4.78 is 43.9. The first kappa shape index (κ1) is 41.3. The zero-order valence-corrected chi connectivity index (χ0v) is 41.8. The second kappa shape index (κ2) is 19.4. The monoisotopic (exact) mass is 1070 g/mol. The first-order valence-corrected chi connectivity index (χ1v) is 22.9. The van der Waals surface area contributed by atoms with Crippen molar-refractivity contribution in [3.8, 4) is 50.6 Å². The molecule has 0 spiro atoms. The van der Waals surface area contributed by atoms with Crippen LogP contribution in [0.15, 0.2) is 187 Å². The topological polar surface area (TPSA) is 43.9 Å². The number of hydrogen-bond acceptors (Lipinski definition) is 3. The molecule has 0 amide bonds. The fourth-order valence-corrected chi connectivity index (χ4v) is 9.03. The smallest absolute Gasteiger partial charge is 0.121 e. The van der Waals surface area contributed by atoms with Crippen molar-refractivity contribution in [2.45, 2.75) is 66.6 Å². The summed E-state index contributed by atoms with van der Waals surface area (Å²) in [6.45, 7) is 13.4. The van der Waals surface area contributed by atoms with Crippen LogP contribution >= 0.6 is 0 Å². The molecule has 0 aliphatic carbocycles. The second-order valence-corrected chi connectivity index (χ2v) is 18.6. The largest absolute Gasteiger partial charge is 0.501 e. The molecule has 0 fully saturated rings. The molecule has 3 aromatic heterocycles. The Morgan fingerprint density at radius 2 is 1.34 bits per heavy atom. The SMILES string of the molecule is [2H]C(C)(C)c1cc(-c2ccccc2)cc(C([2H])(C)C)c1-n1c(-c2[c-]cccc2)nc2ccccc21.[2H]C([2H])(c1ccc(-c2ccnc(-c3[c-]ccc4c3oc3ccc5ccccc5c34)c2)cc1)C(C)(C)C.[Ir]. The van der Waals surface area contributed by atoms with Crippen LogP contribution in [0.4, 0.5) is 0 Å². The predicted molar refractivity (Wildman–Crippen MR) is 281 cm³/mol. The fraction of sp³-hybridized carbons (Fsp3) is 0.175. The number of hydrogen-bond donors (Lipinski definition) is 0. The Labute approximate surface area is 419 Å². The van der Waals surface area contributed by atoms with Crippen LogP contribution in [0.1, 0.15) is 82.4 Å². The number of fused-ring (bicyclic) bond motifs is 6. The molecule has 8 aromatic carbocycles. The van der Waals surface area contributed by atoms with E-state index in [2.05, 4.69) is 88.4 Å². The summed E-state index contributed by atoms with van der Waals surface area (Å²) in [5.74, 6) is -1.07. The zero-order valence-electron chi connectivity index (χ0n) is 43.4. The van der Waals surface area contributed by atoms with E-state index in [1.54, 1.807) is 6.20 Å². The molecule has 11 rings (SSSR count). The summed E-state index contributed by atoms with van der Waals surface area (Å²) in [6, 6.07) is 65.2. The third-order valence-corrected chi connectivity index (χ3v) is 12.1. The van der Waals surface area contributed by atoms with Gasteiger partial charge in [-0.3, -0.25) is 4.98 Å². The molecule has 0 N–H and O–H groups in total. The third-order valence-electron chi connectivity index (χ3n) is 12.1. The summed E-state index contributed by atoms with van der Waals surface area (Å²) >= 11 is 0. The average Bonchev–Trinajstić information content (AvgIpc) is 3.95. The quantitative estimate of drug-likeness (QED) is 0.142. The number of para-hydroxylation sites is 2. The normalized spacial score (nSPS) is 13.0. The first-order valence-electron chi connectivity index (χ1n) is 24.9. The maximum absolute atomic E-state index is 9.16. The van der Waals surface area contributed by atoms with Gasteiger partial charge in [0, 0.05) is 42.9 Å². The number of benzene rings is 8. The fourth-order valence-electron chi connectivity index (χ4n) is 9.03. The van der Waals surface area contributed by atoms with Gasteiger partial charge in [-0.15, -0.1) is 54.1 Å². The molecule has 0 bridgehead atoms. The maximum Gasteiger partial charge on any atom is 0.121 e. The summed E-state index contributed by atoms with van der Waals surface area (Å²) in [6.07, 6.45) is 0.378. The molecule has 0 aliphatic heterocycles. The van der Waals surface area contributed by atoms with Crippen molar-refractivity contribution in [2.75, 3.05) is 0 Å². The minimum Gasteiger partial charge on any atom is -0.501 e. The number of nitrogens with zero attached hydrogens (tertiary/aromatic N) is 3. The van der Waals surface area contributed by atoms with Crippen LogP contribution in [0.2, 0.25) is 0 Å². The summed E-state index contributed by atoms with van der Waals surface area (Å²) in [7, 11) is 0. The minimum absolute atomic E-state index is 0. The molecule has 0 saturated heterocycles. The van der Waals surface area contributed by atoms with Crippen LogP contribution < -0.4 is 0 Å². The molecule has 68 heavy (non-hydrogen) atoms. The number of imidazole rings is 1. The molecule has 4 nitrogen and oxygen atoms in total. The van der Waals surface area contributed by atoms with Gasteiger partial charge < -0.3 is 14.0 Å². The molecular formula is C63H55IrN3O-2. The van der Waals surface area contributed by atoms with E-state index in [4.69, 9.17) is 14.9 Å². The molecule has 0 unspecified atom stereocenters. The Hall–Kier alpha value is -6.91. The van der Waals surface area contributed by atoms with Gasteiger partial charge in [-0.25, -0.2) is 0 Å². The van der Waals surface area contributed by atoms with Gasteiger partial charge in [0.15, 0.2) is 0 Å². The Bertz CT molecular complexity index is 3700. The van der Waals surface area contributed by atoms with Gasteiger partial charge in [0.2, 0.25) is 0 Å². The molecule has 0 saturated carbocycles. The maximum atomic E-state index is 9.16. The van der Waals surface area contributed by atoms with Crippen LogP contribution in [0.3, 0.4) is 0 Å². The van der Waals surface area contributed by atoms with Crippen LogP contribution in [-0.4, -0.2) is 14.5 Å². The van der Waals surface area contributed by atoms with E-state index in [9.17, 15) is 0 Å². The van der Waals surface area contributed by atoms with Crippen LogP contribution in [0, 0.1) is 17.5 Å². The minimum atomic E-state index is -1.43. The van der Waals surface area contributed by atoms with Crippen molar-refractivity contribution in [2.24, 2.45) is 5.41 Å². The van der Waals surface area contributed by atoms with E-state index in [1.807, 2.05) is 158 Å². The van der Waals surface area contributed by atoms with Crippen molar-refractivity contribution in [3.05, 3.63) is 211 Å². The number of rotatable bonds is 8. The van der Waals surface area contributed by atoms with Gasteiger partial charge in [-0.2, -0.15) is 0 Å². The van der Waals surface area contributed by atoms with Crippen LogP contribution in [-0.2, 0) is 26.5 Å². The molecule has 0 aliphatic rings. The van der Waals surface area contributed by atoms with Crippen LogP contribution in [0.5, 0.6) is 0 Å².